The first-order valence-electron chi connectivity index (χ1n) is 10.8. The molecule has 1 saturated heterocycles. The molecule has 2 aromatic rings. The SMILES string of the molecule is O=C([C@H]1CCCO1)N(Cc1ccc(OCCc2ccccn2)cc1)C1CCCC1. The lowest BCUT2D eigenvalue weighted by Crippen LogP contribution is -2.43. The molecule has 0 radical (unpaired) electrons. The Morgan fingerprint density at radius 1 is 1.07 bits per heavy atom. The molecule has 154 valence electrons. The molecule has 5 heteroatoms. The van der Waals surface area contributed by atoms with E-state index in [0.717, 1.165) is 49.1 Å². The summed E-state index contributed by atoms with van der Waals surface area (Å²) in [6.07, 6.45) is 8.81. The van der Waals surface area contributed by atoms with Crippen LogP contribution in [-0.2, 0) is 22.5 Å². The van der Waals surface area contributed by atoms with E-state index in [1.54, 1.807) is 6.20 Å². The number of rotatable bonds is 8. The standard InChI is InChI=1S/C24H30N2O3/c27-24(23-9-5-16-29-23)26(21-7-1-2-8-21)18-19-10-12-22(13-11-19)28-17-14-20-6-3-4-15-25-20/h3-4,6,10-13,15,21,23H,1-2,5,7-9,14,16-18H2/t23-/m1/s1. The lowest BCUT2D eigenvalue weighted by atomic mass is 10.1. The van der Waals surface area contributed by atoms with Crippen molar-refractivity contribution in [3.63, 3.8) is 0 Å². The van der Waals surface area contributed by atoms with Crippen LogP contribution in [-0.4, -0.2) is 41.2 Å². The van der Waals surface area contributed by atoms with Gasteiger partial charge in [0.2, 0.25) is 0 Å². The number of carbonyl (C=O) groups excluding carboxylic acids is 1. The van der Waals surface area contributed by atoms with Crippen LogP contribution in [0.25, 0.3) is 0 Å². The van der Waals surface area contributed by atoms with Crippen molar-refractivity contribution in [3.05, 3.63) is 59.9 Å². The van der Waals surface area contributed by atoms with Crippen molar-refractivity contribution in [1.29, 1.82) is 0 Å². The predicted molar refractivity (Wildman–Crippen MR) is 112 cm³/mol. The molecule has 1 saturated carbocycles. The summed E-state index contributed by atoms with van der Waals surface area (Å²) in [5, 5.41) is 0. The Hall–Kier alpha value is -2.40. The molecule has 1 amide bonds. The fourth-order valence-electron chi connectivity index (χ4n) is 4.27. The number of aromatic nitrogens is 1. The molecule has 1 atom stereocenters. The number of hydrogen-bond acceptors (Lipinski definition) is 4. The smallest absolute Gasteiger partial charge is 0.252 e. The van der Waals surface area contributed by atoms with Crippen molar-refractivity contribution in [2.75, 3.05) is 13.2 Å². The van der Waals surface area contributed by atoms with Gasteiger partial charge in [0.25, 0.3) is 5.91 Å². The Labute approximate surface area is 173 Å². The Kier molecular flexibility index (Phi) is 6.78. The average Bonchev–Trinajstić information content (AvgIpc) is 3.48. The number of pyridine rings is 1. The third-order valence-corrected chi connectivity index (χ3v) is 5.88. The zero-order chi connectivity index (χ0) is 19.9. The first kappa shape index (κ1) is 19.9. The van der Waals surface area contributed by atoms with Gasteiger partial charge in [-0.15, -0.1) is 0 Å². The molecule has 4 rings (SSSR count). The van der Waals surface area contributed by atoms with Crippen LogP contribution in [0.5, 0.6) is 5.75 Å². The van der Waals surface area contributed by atoms with Gasteiger partial charge in [-0.3, -0.25) is 9.78 Å². The normalized spacial score (nSPS) is 19.4. The van der Waals surface area contributed by atoms with Crippen molar-refractivity contribution in [3.8, 4) is 5.75 Å². The summed E-state index contributed by atoms with van der Waals surface area (Å²) < 4.78 is 11.5. The molecule has 0 unspecified atom stereocenters. The summed E-state index contributed by atoms with van der Waals surface area (Å²) in [6, 6.07) is 14.4. The van der Waals surface area contributed by atoms with E-state index in [-0.39, 0.29) is 12.0 Å². The summed E-state index contributed by atoms with van der Waals surface area (Å²) in [7, 11) is 0. The highest BCUT2D eigenvalue weighted by Gasteiger charge is 2.33. The van der Waals surface area contributed by atoms with Crippen LogP contribution < -0.4 is 4.74 Å². The van der Waals surface area contributed by atoms with Gasteiger partial charge in [-0.2, -0.15) is 0 Å². The van der Waals surface area contributed by atoms with Gasteiger partial charge in [-0.1, -0.05) is 31.0 Å². The van der Waals surface area contributed by atoms with Crippen LogP contribution in [0.2, 0.25) is 0 Å². The van der Waals surface area contributed by atoms with Crippen molar-refractivity contribution < 1.29 is 14.3 Å². The molecule has 0 N–H and O–H groups in total. The van der Waals surface area contributed by atoms with Crippen LogP contribution in [0.3, 0.4) is 0 Å². The number of benzene rings is 1. The van der Waals surface area contributed by atoms with Gasteiger partial charge < -0.3 is 14.4 Å². The highest BCUT2D eigenvalue weighted by atomic mass is 16.5. The van der Waals surface area contributed by atoms with E-state index < -0.39 is 0 Å². The van der Waals surface area contributed by atoms with Gasteiger partial charge in [-0.25, -0.2) is 0 Å². The fraction of sp³-hybridized carbons (Fsp3) is 0.500. The summed E-state index contributed by atoms with van der Waals surface area (Å²) in [6.45, 7) is 1.96. The van der Waals surface area contributed by atoms with Crippen molar-refractivity contribution in [1.82, 2.24) is 9.88 Å². The maximum absolute atomic E-state index is 13.1. The molecule has 1 aliphatic heterocycles. The van der Waals surface area contributed by atoms with E-state index in [4.69, 9.17) is 9.47 Å². The maximum atomic E-state index is 13.1. The van der Waals surface area contributed by atoms with Gasteiger partial charge >= 0.3 is 0 Å². The van der Waals surface area contributed by atoms with Gasteiger partial charge in [0, 0.05) is 37.5 Å². The molecule has 0 spiro atoms. The highest BCUT2D eigenvalue weighted by Crippen LogP contribution is 2.28. The second kappa shape index (κ2) is 9.88. The van der Waals surface area contributed by atoms with E-state index in [0.29, 0.717) is 25.8 Å². The zero-order valence-corrected chi connectivity index (χ0v) is 17.0. The molecular weight excluding hydrogens is 364 g/mol. The molecule has 1 aromatic carbocycles. The number of nitrogens with zero attached hydrogens (tertiary/aromatic N) is 2. The topological polar surface area (TPSA) is 51.7 Å². The van der Waals surface area contributed by atoms with Crippen molar-refractivity contribution >= 4 is 5.91 Å². The van der Waals surface area contributed by atoms with Crippen molar-refractivity contribution in [2.45, 2.75) is 63.6 Å². The van der Waals surface area contributed by atoms with Crippen LogP contribution in [0.15, 0.2) is 48.7 Å². The molecule has 2 heterocycles. The molecular formula is C24H30N2O3. The quantitative estimate of drug-likeness (QED) is 0.675. The van der Waals surface area contributed by atoms with E-state index in [1.807, 2.05) is 30.3 Å². The monoisotopic (exact) mass is 394 g/mol. The second-order valence-corrected chi connectivity index (χ2v) is 7.97. The molecule has 2 fully saturated rings. The second-order valence-electron chi connectivity index (χ2n) is 7.97. The predicted octanol–water partition coefficient (Wildman–Crippen LogP) is 4.15. The third kappa shape index (κ3) is 5.36. The van der Waals surface area contributed by atoms with E-state index in [1.165, 1.54) is 12.8 Å². The van der Waals surface area contributed by atoms with Gasteiger partial charge in [0.1, 0.15) is 11.9 Å². The Morgan fingerprint density at radius 2 is 1.90 bits per heavy atom. The zero-order valence-electron chi connectivity index (χ0n) is 17.0. The minimum Gasteiger partial charge on any atom is -0.493 e. The molecule has 1 aromatic heterocycles. The number of ether oxygens (including phenoxy) is 2. The van der Waals surface area contributed by atoms with Gasteiger partial charge in [-0.05, 0) is 55.5 Å². The molecule has 1 aliphatic carbocycles. The van der Waals surface area contributed by atoms with Crippen LogP contribution >= 0.6 is 0 Å². The Bertz CT molecular complexity index is 766. The van der Waals surface area contributed by atoms with E-state index in [2.05, 4.69) is 22.0 Å². The van der Waals surface area contributed by atoms with E-state index in [9.17, 15) is 4.79 Å². The van der Waals surface area contributed by atoms with Gasteiger partial charge in [0.05, 0.1) is 6.61 Å². The number of hydrogen-bond donors (Lipinski definition) is 0. The minimum atomic E-state index is -0.246. The van der Waals surface area contributed by atoms with Crippen LogP contribution in [0.1, 0.15) is 49.8 Å². The van der Waals surface area contributed by atoms with Crippen LogP contribution in [0, 0.1) is 0 Å². The lowest BCUT2D eigenvalue weighted by molar-refractivity contribution is -0.144. The summed E-state index contributed by atoms with van der Waals surface area (Å²) in [4.78, 5) is 19.4. The summed E-state index contributed by atoms with van der Waals surface area (Å²) in [5.41, 5.74) is 2.17. The summed E-state index contributed by atoms with van der Waals surface area (Å²) in [5.74, 6) is 1.02. The molecule has 2 aliphatic rings. The lowest BCUT2D eigenvalue weighted by Gasteiger charge is -2.31. The van der Waals surface area contributed by atoms with Crippen LogP contribution in [0.4, 0.5) is 0 Å². The molecule has 5 nitrogen and oxygen atoms in total. The third-order valence-electron chi connectivity index (χ3n) is 5.88. The molecule has 0 bridgehead atoms. The Balaban J connectivity index is 1.34. The first-order valence-corrected chi connectivity index (χ1v) is 10.8. The average molecular weight is 395 g/mol. The number of amides is 1. The molecule has 29 heavy (non-hydrogen) atoms. The van der Waals surface area contributed by atoms with Gasteiger partial charge in [0.15, 0.2) is 0 Å². The fourth-order valence-corrected chi connectivity index (χ4v) is 4.27. The van der Waals surface area contributed by atoms with Crippen molar-refractivity contribution in [2.24, 2.45) is 0 Å². The van der Waals surface area contributed by atoms with E-state index >= 15 is 0 Å². The highest BCUT2D eigenvalue weighted by molar-refractivity contribution is 5.81. The minimum absolute atomic E-state index is 0.171. The number of carbonyl (C=O) groups is 1. The first-order chi connectivity index (χ1) is 14.3. The Morgan fingerprint density at radius 3 is 2.59 bits per heavy atom. The summed E-state index contributed by atoms with van der Waals surface area (Å²) >= 11 is 0. The largest absolute Gasteiger partial charge is 0.493 e. The maximum Gasteiger partial charge on any atom is 0.252 e.